The van der Waals surface area contributed by atoms with Crippen molar-refractivity contribution in [3.05, 3.63) is 39.9 Å². The molecule has 0 heterocycles. The summed E-state index contributed by atoms with van der Waals surface area (Å²) in [6.45, 7) is 9.82. The zero-order chi connectivity index (χ0) is 23.1. The third kappa shape index (κ3) is 8.46. The molecule has 166 valence electrons. The first kappa shape index (κ1) is 24.9. The lowest BCUT2D eigenvalue weighted by Crippen LogP contribution is -2.47. The number of rotatable bonds is 8. The number of esters is 1. The molecular weight excluding hydrogens is 394 g/mol. The standard InChI is InChI=1S/C20H29N3O7/c1-12(2)29-17(24)11-15(14-9-7-8-10-16(14)23(27)28)22-18(25)13(3)21-19(26)30-20(4,5)6/h7-10,12-13,15H,11H2,1-6H3,(H,21,26)(H,22,25). The van der Waals surface area contributed by atoms with Gasteiger partial charge in [0.15, 0.2) is 0 Å². The molecule has 1 aromatic carbocycles. The van der Waals surface area contributed by atoms with Crippen LogP contribution in [0.5, 0.6) is 0 Å². The normalized spacial score (nSPS) is 13.2. The van der Waals surface area contributed by atoms with Crippen LogP contribution in [-0.2, 0) is 19.1 Å². The zero-order valence-corrected chi connectivity index (χ0v) is 18.1. The van der Waals surface area contributed by atoms with Gasteiger partial charge in [-0.1, -0.05) is 18.2 Å². The monoisotopic (exact) mass is 423 g/mol. The highest BCUT2D eigenvalue weighted by Crippen LogP contribution is 2.27. The highest BCUT2D eigenvalue weighted by Gasteiger charge is 2.29. The van der Waals surface area contributed by atoms with E-state index in [1.807, 2.05) is 0 Å². The lowest BCUT2D eigenvalue weighted by Gasteiger charge is -2.24. The first-order chi connectivity index (χ1) is 13.8. The van der Waals surface area contributed by atoms with E-state index in [0.29, 0.717) is 0 Å². The van der Waals surface area contributed by atoms with Crippen LogP contribution < -0.4 is 10.6 Å². The van der Waals surface area contributed by atoms with E-state index < -0.39 is 40.6 Å². The molecule has 10 nitrogen and oxygen atoms in total. The number of alkyl carbamates (subject to hydrolysis) is 1. The second-order valence-corrected chi connectivity index (χ2v) is 7.99. The Kier molecular flexibility index (Phi) is 8.75. The van der Waals surface area contributed by atoms with Crippen LogP contribution in [0.25, 0.3) is 0 Å². The Morgan fingerprint density at radius 2 is 1.70 bits per heavy atom. The average molecular weight is 423 g/mol. The molecule has 1 aromatic rings. The molecular formula is C20H29N3O7. The minimum atomic E-state index is -1.02. The smallest absolute Gasteiger partial charge is 0.408 e. The van der Waals surface area contributed by atoms with Gasteiger partial charge >= 0.3 is 12.1 Å². The van der Waals surface area contributed by atoms with Gasteiger partial charge in [0, 0.05) is 6.07 Å². The highest BCUT2D eigenvalue weighted by molar-refractivity contribution is 5.86. The fourth-order valence-corrected chi connectivity index (χ4v) is 2.51. The molecule has 0 radical (unpaired) electrons. The third-order valence-corrected chi connectivity index (χ3v) is 3.69. The molecule has 0 aliphatic carbocycles. The molecule has 1 rings (SSSR count). The molecule has 2 amide bonds. The molecule has 2 unspecified atom stereocenters. The summed E-state index contributed by atoms with van der Waals surface area (Å²) in [5, 5.41) is 16.4. The van der Waals surface area contributed by atoms with E-state index in [2.05, 4.69) is 10.6 Å². The van der Waals surface area contributed by atoms with Crippen molar-refractivity contribution >= 4 is 23.7 Å². The maximum absolute atomic E-state index is 12.6. The number of carbonyl (C=O) groups is 3. The fraction of sp³-hybridized carbons (Fsp3) is 0.550. The Bertz CT molecular complexity index is 787. The van der Waals surface area contributed by atoms with Gasteiger partial charge < -0.3 is 20.1 Å². The summed E-state index contributed by atoms with van der Waals surface area (Å²) in [5.41, 5.74) is -0.831. The van der Waals surface area contributed by atoms with Crippen molar-refractivity contribution in [3.8, 4) is 0 Å². The fourth-order valence-electron chi connectivity index (χ4n) is 2.51. The minimum Gasteiger partial charge on any atom is -0.463 e. The Hall–Kier alpha value is -3.17. The van der Waals surface area contributed by atoms with Gasteiger partial charge in [0.2, 0.25) is 5.91 Å². The van der Waals surface area contributed by atoms with Gasteiger partial charge in [0.1, 0.15) is 11.6 Å². The van der Waals surface area contributed by atoms with Crippen molar-refractivity contribution in [2.75, 3.05) is 0 Å². The van der Waals surface area contributed by atoms with Crippen molar-refractivity contribution in [1.29, 1.82) is 0 Å². The number of amides is 2. The zero-order valence-electron chi connectivity index (χ0n) is 18.1. The van der Waals surface area contributed by atoms with Gasteiger partial charge in [0.25, 0.3) is 5.69 Å². The lowest BCUT2D eigenvalue weighted by atomic mass is 10.0. The largest absolute Gasteiger partial charge is 0.463 e. The van der Waals surface area contributed by atoms with E-state index >= 15 is 0 Å². The molecule has 0 saturated heterocycles. The molecule has 0 aromatic heterocycles. The Morgan fingerprint density at radius 1 is 1.10 bits per heavy atom. The molecule has 0 fully saturated rings. The molecule has 0 saturated carbocycles. The van der Waals surface area contributed by atoms with Crippen molar-refractivity contribution < 1.29 is 28.8 Å². The number of para-hydroxylation sites is 1. The van der Waals surface area contributed by atoms with E-state index in [9.17, 15) is 24.5 Å². The summed E-state index contributed by atoms with van der Waals surface area (Å²) in [7, 11) is 0. The van der Waals surface area contributed by atoms with Crippen molar-refractivity contribution in [3.63, 3.8) is 0 Å². The summed E-state index contributed by atoms with van der Waals surface area (Å²) >= 11 is 0. The number of hydrogen-bond donors (Lipinski definition) is 2. The number of benzene rings is 1. The summed E-state index contributed by atoms with van der Waals surface area (Å²) in [6.07, 6.45) is -1.48. The number of nitrogens with one attached hydrogen (secondary N) is 2. The Balaban J connectivity index is 3.03. The van der Waals surface area contributed by atoms with Crippen LogP contribution >= 0.6 is 0 Å². The molecule has 0 spiro atoms. The van der Waals surface area contributed by atoms with E-state index in [0.717, 1.165) is 0 Å². The quantitative estimate of drug-likeness (QED) is 0.372. The number of hydrogen-bond acceptors (Lipinski definition) is 7. The molecule has 30 heavy (non-hydrogen) atoms. The van der Waals surface area contributed by atoms with Crippen molar-refractivity contribution in [1.82, 2.24) is 10.6 Å². The first-order valence-corrected chi connectivity index (χ1v) is 9.53. The van der Waals surface area contributed by atoms with Gasteiger partial charge in [-0.05, 0) is 41.5 Å². The van der Waals surface area contributed by atoms with Gasteiger partial charge in [-0.25, -0.2) is 4.79 Å². The predicted molar refractivity (Wildman–Crippen MR) is 109 cm³/mol. The molecule has 10 heteroatoms. The average Bonchev–Trinajstić information content (AvgIpc) is 2.58. The van der Waals surface area contributed by atoms with E-state index in [4.69, 9.17) is 9.47 Å². The predicted octanol–water partition coefficient (Wildman–Crippen LogP) is 3.01. The number of carbonyl (C=O) groups excluding carboxylic acids is 3. The molecule has 0 aliphatic rings. The summed E-state index contributed by atoms with van der Waals surface area (Å²) in [5.74, 6) is -1.26. The maximum Gasteiger partial charge on any atom is 0.408 e. The van der Waals surface area contributed by atoms with E-state index in [1.54, 1.807) is 40.7 Å². The van der Waals surface area contributed by atoms with Crippen LogP contribution in [-0.4, -0.2) is 40.6 Å². The van der Waals surface area contributed by atoms with Crippen LogP contribution in [0.2, 0.25) is 0 Å². The topological polar surface area (TPSA) is 137 Å². The van der Waals surface area contributed by atoms with Gasteiger partial charge in [0.05, 0.1) is 29.1 Å². The van der Waals surface area contributed by atoms with Gasteiger partial charge in [-0.2, -0.15) is 0 Å². The summed E-state index contributed by atoms with van der Waals surface area (Å²) < 4.78 is 10.2. The first-order valence-electron chi connectivity index (χ1n) is 9.53. The van der Waals surface area contributed by atoms with Crippen molar-refractivity contribution in [2.45, 2.75) is 71.8 Å². The van der Waals surface area contributed by atoms with Gasteiger partial charge in [-0.3, -0.25) is 19.7 Å². The van der Waals surface area contributed by atoms with Crippen LogP contribution in [0.1, 0.15) is 59.6 Å². The van der Waals surface area contributed by atoms with Crippen LogP contribution in [0.3, 0.4) is 0 Å². The number of ether oxygens (including phenoxy) is 2. The van der Waals surface area contributed by atoms with Crippen LogP contribution in [0.15, 0.2) is 24.3 Å². The SMILES string of the molecule is CC(C)OC(=O)CC(NC(=O)C(C)NC(=O)OC(C)(C)C)c1ccccc1[N+](=O)[O-]. The third-order valence-electron chi connectivity index (χ3n) is 3.69. The Morgan fingerprint density at radius 3 is 2.23 bits per heavy atom. The van der Waals surface area contributed by atoms with Crippen LogP contribution in [0, 0.1) is 10.1 Å². The van der Waals surface area contributed by atoms with Crippen LogP contribution in [0.4, 0.5) is 10.5 Å². The second-order valence-electron chi connectivity index (χ2n) is 7.99. The van der Waals surface area contributed by atoms with E-state index in [1.165, 1.54) is 25.1 Å². The summed E-state index contributed by atoms with van der Waals surface area (Å²) in [6, 6.07) is 3.76. The molecule has 0 bridgehead atoms. The number of nitro groups is 1. The van der Waals surface area contributed by atoms with Gasteiger partial charge in [-0.15, -0.1) is 0 Å². The molecule has 2 N–H and O–H groups in total. The highest BCUT2D eigenvalue weighted by atomic mass is 16.6. The lowest BCUT2D eigenvalue weighted by molar-refractivity contribution is -0.385. The molecule has 2 atom stereocenters. The summed E-state index contributed by atoms with van der Waals surface area (Å²) in [4.78, 5) is 47.5. The number of nitro benzene ring substituents is 1. The molecule has 0 aliphatic heterocycles. The Labute approximate surface area is 175 Å². The second kappa shape index (κ2) is 10.6. The van der Waals surface area contributed by atoms with Crippen molar-refractivity contribution in [2.24, 2.45) is 0 Å². The number of nitrogens with zero attached hydrogens (tertiary/aromatic N) is 1. The van der Waals surface area contributed by atoms with E-state index in [-0.39, 0.29) is 23.8 Å². The maximum atomic E-state index is 12.6. The minimum absolute atomic E-state index is 0.154.